The van der Waals surface area contributed by atoms with Gasteiger partial charge >= 0.3 is 0 Å². The smallest absolute Gasteiger partial charge is 0.135 e. The van der Waals surface area contributed by atoms with E-state index >= 15 is 0 Å². The van der Waals surface area contributed by atoms with E-state index in [1.165, 1.54) is 66.4 Å². The molecule has 1 nitrogen and oxygen atoms in total. The van der Waals surface area contributed by atoms with Crippen LogP contribution < -0.4 is 0 Å². The number of rotatable bonds is 3. The first-order valence-corrected chi connectivity index (χ1v) is 14.1. The van der Waals surface area contributed by atoms with Crippen LogP contribution >= 0.6 is 0 Å². The van der Waals surface area contributed by atoms with E-state index in [0.717, 1.165) is 21.9 Å². The number of furan rings is 1. The molecule has 1 heteroatoms. The third-order valence-electron chi connectivity index (χ3n) is 8.61. The van der Waals surface area contributed by atoms with Gasteiger partial charge < -0.3 is 4.42 Å². The van der Waals surface area contributed by atoms with Crippen molar-refractivity contribution in [3.63, 3.8) is 0 Å². The van der Waals surface area contributed by atoms with Crippen LogP contribution in [0.25, 0.3) is 88.3 Å². The molecule has 0 unspecified atom stereocenters. The number of fused-ring (bicyclic) bond motifs is 6. The second-order valence-electron chi connectivity index (χ2n) is 10.9. The predicted octanol–water partition coefficient (Wildman–Crippen LogP) is 11.4. The van der Waals surface area contributed by atoms with Gasteiger partial charge in [0.25, 0.3) is 0 Å². The zero-order valence-electron chi connectivity index (χ0n) is 22.3. The van der Waals surface area contributed by atoms with E-state index in [0.29, 0.717) is 0 Å². The van der Waals surface area contributed by atoms with Gasteiger partial charge in [0.05, 0.1) is 0 Å². The van der Waals surface area contributed by atoms with Crippen molar-refractivity contribution in [1.29, 1.82) is 0 Å². The fraction of sp³-hybridized carbons (Fsp3) is 0. The van der Waals surface area contributed by atoms with Crippen LogP contribution in [0.2, 0.25) is 0 Å². The molecule has 1 aliphatic rings. The van der Waals surface area contributed by atoms with E-state index in [1.54, 1.807) is 0 Å². The average molecular weight is 521 g/mol. The molecule has 0 bridgehead atoms. The lowest BCUT2D eigenvalue weighted by molar-refractivity contribution is 0.669. The highest BCUT2D eigenvalue weighted by atomic mass is 16.3. The molecule has 0 saturated heterocycles. The molecule has 0 atom stereocenters. The molecule has 41 heavy (non-hydrogen) atoms. The molecule has 0 spiro atoms. The maximum Gasteiger partial charge on any atom is 0.135 e. The lowest BCUT2D eigenvalue weighted by Crippen LogP contribution is -1.85. The Morgan fingerprint density at radius 2 is 0.927 bits per heavy atom. The van der Waals surface area contributed by atoms with E-state index in [-0.39, 0.29) is 0 Å². The van der Waals surface area contributed by atoms with Crippen molar-refractivity contribution in [2.75, 3.05) is 0 Å². The van der Waals surface area contributed by atoms with Crippen molar-refractivity contribution in [1.82, 2.24) is 0 Å². The number of hydrogen-bond donors (Lipinski definition) is 0. The zero-order valence-corrected chi connectivity index (χ0v) is 22.3. The van der Waals surface area contributed by atoms with Gasteiger partial charge in [0.15, 0.2) is 0 Å². The molecule has 0 N–H and O–H groups in total. The fourth-order valence-electron chi connectivity index (χ4n) is 6.62. The molecule has 1 heterocycles. The van der Waals surface area contributed by atoms with E-state index < -0.39 is 0 Å². The van der Waals surface area contributed by atoms with Crippen LogP contribution in [0.1, 0.15) is 0 Å². The number of benzene rings is 7. The summed E-state index contributed by atoms with van der Waals surface area (Å²) in [5.41, 5.74) is 14.5. The normalized spacial score (nSPS) is 11.9. The Morgan fingerprint density at radius 3 is 1.76 bits per heavy atom. The van der Waals surface area contributed by atoms with Gasteiger partial charge in [-0.1, -0.05) is 109 Å². The topological polar surface area (TPSA) is 13.1 Å². The third kappa shape index (κ3) is 3.43. The summed E-state index contributed by atoms with van der Waals surface area (Å²) < 4.78 is 6.03. The second-order valence-corrected chi connectivity index (χ2v) is 10.9. The Kier molecular flexibility index (Phi) is 4.67. The van der Waals surface area contributed by atoms with Crippen molar-refractivity contribution in [2.24, 2.45) is 0 Å². The molecule has 1 aromatic heterocycles. The van der Waals surface area contributed by atoms with Crippen molar-refractivity contribution in [3.05, 3.63) is 146 Å². The molecule has 190 valence electrons. The summed E-state index contributed by atoms with van der Waals surface area (Å²) in [5, 5.41) is 4.97. The average Bonchev–Trinajstić information content (AvgIpc) is 3.58. The summed E-state index contributed by atoms with van der Waals surface area (Å²) in [7, 11) is 0. The van der Waals surface area contributed by atoms with Crippen LogP contribution in [-0.2, 0) is 0 Å². The van der Waals surface area contributed by atoms with Crippen LogP contribution in [0.5, 0.6) is 0 Å². The van der Waals surface area contributed by atoms with Crippen LogP contribution in [0.15, 0.2) is 150 Å². The molecule has 0 aliphatic heterocycles. The summed E-state index contributed by atoms with van der Waals surface area (Å²) in [6.45, 7) is 0. The lowest BCUT2D eigenvalue weighted by Gasteiger charge is -2.10. The first kappa shape index (κ1) is 22.4. The van der Waals surface area contributed by atoms with Gasteiger partial charge in [0, 0.05) is 10.8 Å². The van der Waals surface area contributed by atoms with Crippen molar-refractivity contribution in [3.8, 4) is 55.6 Å². The Labute approximate surface area is 237 Å². The SMILES string of the molecule is c1cc(-c2ccc(-c3ccc4oc5ccccc5c4c3)cc2)cc(-c2cc3c4c(cccc4c2)-c2ccccc2-3)c1. The largest absolute Gasteiger partial charge is 0.456 e. The Balaban J connectivity index is 1.09. The second kappa shape index (κ2) is 8.55. The maximum atomic E-state index is 6.03. The number of hydrogen-bond acceptors (Lipinski definition) is 1. The van der Waals surface area contributed by atoms with Crippen LogP contribution in [0, 0.1) is 0 Å². The Hall–Kier alpha value is -5.40. The van der Waals surface area contributed by atoms with Gasteiger partial charge in [0.2, 0.25) is 0 Å². The molecule has 8 aromatic rings. The summed E-state index contributed by atoms with van der Waals surface area (Å²) >= 11 is 0. The minimum atomic E-state index is 0.926. The molecule has 1 aliphatic carbocycles. The summed E-state index contributed by atoms with van der Waals surface area (Å²) in [5.74, 6) is 0. The molecule has 0 radical (unpaired) electrons. The minimum Gasteiger partial charge on any atom is -0.456 e. The predicted molar refractivity (Wildman–Crippen MR) is 172 cm³/mol. The highest BCUT2D eigenvalue weighted by Crippen LogP contribution is 2.48. The van der Waals surface area contributed by atoms with Crippen molar-refractivity contribution < 1.29 is 4.42 Å². The zero-order chi connectivity index (χ0) is 26.9. The van der Waals surface area contributed by atoms with Gasteiger partial charge in [-0.2, -0.15) is 0 Å². The Morgan fingerprint density at radius 1 is 0.317 bits per heavy atom. The van der Waals surface area contributed by atoms with E-state index in [2.05, 4.69) is 133 Å². The van der Waals surface area contributed by atoms with E-state index in [1.807, 2.05) is 12.1 Å². The van der Waals surface area contributed by atoms with Gasteiger partial charge in [-0.05, 0) is 103 Å². The quantitative estimate of drug-likeness (QED) is 0.226. The summed E-state index contributed by atoms with van der Waals surface area (Å²) in [6.07, 6.45) is 0. The van der Waals surface area contributed by atoms with Crippen LogP contribution in [0.4, 0.5) is 0 Å². The van der Waals surface area contributed by atoms with Gasteiger partial charge in [-0.15, -0.1) is 0 Å². The maximum absolute atomic E-state index is 6.03. The summed E-state index contributed by atoms with van der Waals surface area (Å²) in [6, 6.07) is 52.7. The standard InChI is InChI=1S/C40H24O/c1-2-11-33-32(10-1)35-13-6-9-30-22-31(24-37(33)40(30)35)28-8-5-7-27(21-28)25-15-17-26(18-16-25)29-19-20-39-36(23-29)34-12-3-4-14-38(34)41-39/h1-24H. The summed E-state index contributed by atoms with van der Waals surface area (Å²) in [4.78, 5) is 0. The molecule has 9 rings (SSSR count). The van der Waals surface area contributed by atoms with Crippen LogP contribution in [0.3, 0.4) is 0 Å². The fourth-order valence-corrected chi connectivity index (χ4v) is 6.62. The molecular weight excluding hydrogens is 496 g/mol. The van der Waals surface area contributed by atoms with Crippen molar-refractivity contribution in [2.45, 2.75) is 0 Å². The molecule has 0 saturated carbocycles. The van der Waals surface area contributed by atoms with Gasteiger partial charge in [0.1, 0.15) is 11.2 Å². The lowest BCUT2D eigenvalue weighted by atomic mass is 9.93. The Bertz CT molecular complexity index is 2300. The molecular formula is C40H24O. The molecule has 0 amide bonds. The van der Waals surface area contributed by atoms with Crippen molar-refractivity contribution >= 4 is 32.7 Å². The first-order valence-electron chi connectivity index (χ1n) is 14.1. The first-order chi connectivity index (χ1) is 20.3. The van der Waals surface area contributed by atoms with E-state index in [4.69, 9.17) is 4.42 Å². The number of para-hydroxylation sites is 1. The van der Waals surface area contributed by atoms with Gasteiger partial charge in [-0.25, -0.2) is 0 Å². The van der Waals surface area contributed by atoms with Gasteiger partial charge in [-0.3, -0.25) is 0 Å². The molecule has 0 fully saturated rings. The highest BCUT2D eigenvalue weighted by molar-refractivity contribution is 6.16. The van der Waals surface area contributed by atoms with Crippen LogP contribution in [-0.4, -0.2) is 0 Å². The van der Waals surface area contributed by atoms with E-state index in [9.17, 15) is 0 Å². The highest BCUT2D eigenvalue weighted by Gasteiger charge is 2.21. The monoisotopic (exact) mass is 520 g/mol. The minimum absolute atomic E-state index is 0.926. The third-order valence-corrected chi connectivity index (χ3v) is 8.61. The molecule has 7 aromatic carbocycles.